The summed E-state index contributed by atoms with van der Waals surface area (Å²) in [5.41, 5.74) is 5.85. The van der Waals surface area contributed by atoms with E-state index in [1.54, 1.807) is 18.2 Å². The smallest absolute Gasteiger partial charge is 0.120 e. The second-order valence-corrected chi connectivity index (χ2v) is 4.61. The third-order valence-electron chi connectivity index (χ3n) is 2.19. The van der Waals surface area contributed by atoms with Crippen molar-refractivity contribution in [2.75, 3.05) is 6.61 Å². The van der Waals surface area contributed by atoms with Gasteiger partial charge in [-0.15, -0.1) is 0 Å². The molecule has 4 heteroatoms. The van der Waals surface area contributed by atoms with Crippen molar-refractivity contribution in [2.24, 2.45) is 11.7 Å². The SMILES string of the molecule is CC(C)[C@H](N)COc1ccc(Cl)c(Cl)c1. The quantitative estimate of drug-likeness (QED) is 0.886. The van der Waals surface area contributed by atoms with E-state index in [-0.39, 0.29) is 6.04 Å². The molecule has 0 amide bonds. The van der Waals surface area contributed by atoms with Crippen molar-refractivity contribution in [1.29, 1.82) is 0 Å². The highest BCUT2D eigenvalue weighted by Gasteiger charge is 2.08. The third kappa shape index (κ3) is 3.90. The van der Waals surface area contributed by atoms with E-state index in [9.17, 15) is 0 Å². The maximum Gasteiger partial charge on any atom is 0.120 e. The predicted octanol–water partition coefficient (Wildman–Crippen LogP) is 3.36. The van der Waals surface area contributed by atoms with Gasteiger partial charge in [0.1, 0.15) is 12.4 Å². The lowest BCUT2D eigenvalue weighted by Crippen LogP contribution is -2.32. The number of halogens is 2. The van der Waals surface area contributed by atoms with Crippen LogP contribution in [0.4, 0.5) is 0 Å². The van der Waals surface area contributed by atoms with Crippen LogP contribution in [-0.4, -0.2) is 12.6 Å². The van der Waals surface area contributed by atoms with Crippen LogP contribution in [-0.2, 0) is 0 Å². The van der Waals surface area contributed by atoms with Crippen LogP contribution in [0.15, 0.2) is 18.2 Å². The van der Waals surface area contributed by atoms with Gasteiger partial charge in [0.25, 0.3) is 0 Å². The first-order chi connectivity index (χ1) is 7.00. The first-order valence-corrected chi connectivity index (χ1v) is 5.59. The average Bonchev–Trinajstić information content (AvgIpc) is 2.19. The van der Waals surface area contributed by atoms with Crippen molar-refractivity contribution < 1.29 is 4.74 Å². The molecule has 0 saturated heterocycles. The highest BCUT2D eigenvalue weighted by Crippen LogP contribution is 2.26. The highest BCUT2D eigenvalue weighted by molar-refractivity contribution is 6.42. The molecule has 0 spiro atoms. The molecular weight excluding hydrogens is 233 g/mol. The van der Waals surface area contributed by atoms with E-state index in [1.807, 2.05) is 0 Å². The molecule has 0 heterocycles. The Hall–Kier alpha value is -0.440. The van der Waals surface area contributed by atoms with Crippen LogP contribution in [0.1, 0.15) is 13.8 Å². The molecular formula is C11H15Cl2NO. The number of nitrogens with two attached hydrogens (primary N) is 1. The Kier molecular flexibility index (Phi) is 4.71. The van der Waals surface area contributed by atoms with Gasteiger partial charge in [-0.05, 0) is 18.1 Å². The average molecular weight is 248 g/mol. The summed E-state index contributed by atoms with van der Waals surface area (Å²) >= 11 is 11.6. The van der Waals surface area contributed by atoms with E-state index in [4.69, 9.17) is 33.7 Å². The summed E-state index contributed by atoms with van der Waals surface area (Å²) in [5, 5.41) is 1.02. The van der Waals surface area contributed by atoms with E-state index in [2.05, 4.69) is 13.8 Å². The molecule has 1 aromatic carbocycles. The minimum absolute atomic E-state index is 0.0273. The van der Waals surface area contributed by atoms with Crippen molar-refractivity contribution in [1.82, 2.24) is 0 Å². The summed E-state index contributed by atoms with van der Waals surface area (Å²) < 4.78 is 5.50. The lowest BCUT2D eigenvalue weighted by atomic mass is 10.1. The summed E-state index contributed by atoms with van der Waals surface area (Å²) in [6.45, 7) is 4.60. The summed E-state index contributed by atoms with van der Waals surface area (Å²) in [5.74, 6) is 1.09. The molecule has 1 rings (SSSR count). The molecule has 2 N–H and O–H groups in total. The van der Waals surface area contributed by atoms with Crippen LogP contribution < -0.4 is 10.5 Å². The normalized spacial score (nSPS) is 12.9. The third-order valence-corrected chi connectivity index (χ3v) is 2.93. The number of hydrogen-bond acceptors (Lipinski definition) is 2. The van der Waals surface area contributed by atoms with Gasteiger partial charge in [0.05, 0.1) is 10.0 Å². The van der Waals surface area contributed by atoms with Crippen molar-refractivity contribution >= 4 is 23.2 Å². The van der Waals surface area contributed by atoms with Crippen LogP contribution in [0.2, 0.25) is 10.0 Å². The van der Waals surface area contributed by atoms with Gasteiger partial charge in [0.2, 0.25) is 0 Å². The molecule has 0 bridgehead atoms. The second-order valence-electron chi connectivity index (χ2n) is 3.79. The Morgan fingerprint density at radius 3 is 2.47 bits per heavy atom. The zero-order valence-corrected chi connectivity index (χ0v) is 10.3. The Bertz CT molecular complexity index is 328. The molecule has 0 aliphatic carbocycles. The molecule has 2 nitrogen and oxygen atoms in total. The first-order valence-electron chi connectivity index (χ1n) is 4.84. The van der Waals surface area contributed by atoms with E-state index >= 15 is 0 Å². The molecule has 1 aromatic rings. The number of rotatable bonds is 4. The fraction of sp³-hybridized carbons (Fsp3) is 0.455. The Morgan fingerprint density at radius 2 is 1.93 bits per heavy atom. The van der Waals surface area contributed by atoms with Crippen molar-refractivity contribution in [2.45, 2.75) is 19.9 Å². The zero-order chi connectivity index (χ0) is 11.4. The largest absolute Gasteiger partial charge is 0.492 e. The van der Waals surface area contributed by atoms with Gasteiger partial charge in [-0.1, -0.05) is 37.0 Å². The summed E-state index contributed by atoms with van der Waals surface area (Å²) in [6, 6.07) is 5.21. The van der Waals surface area contributed by atoms with Crippen LogP contribution in [0.3, 0.4) is 0 Å². The molecule has 0 fully saturated rings. The standard InChI is InChI=1S/C11H15Cl2NO/c1-7(2)11(14)6-15-8-3-4-9(12)10(13)5-8/h3-5,7,11H,6,14H2,1-2H3/t11-/m1/s1. The summed E-state index contributed by atoms with van der Waals surface area (Å²) in [7, 11) is 0. The molecule has 0 aromatic heterocycles. The maximum absolute atomic E-state index is 5.85. The van der Waals surface area contributed by atoms with Crippen LogP contribution in [0.25, 0.3) is 0 Å². The van der Waals surface area contributed by atoms with Crippen molar-refractivity contribution in [3.05, 3.63) is 28.2 Å². The van der Waals surface area contributed by atoms with Gasteiger partial charge >= 0.3 is 0 Å². The fourth-order valence-corrected chi connectivity index (χ4v) is 1.24. The molecule has 0 unspecified atom stereocenters. The molecule has 0 radical (unpaired) electrons. The molecule has 0 aliphatic rings. The van der Waals surface area contributed by atoms with Crippen molar-refractivity contribution in [3.63, 3.8) is 0 Å². The topological polar surface area (TPSA) is 35.2 Å². The molecule has 84 valence electrons. The van der Waals surface area contributed by atoms with E-state index in [0.717, 1.165) is 0 Å². The van der Waals surface area contributed by atoms with Gasteiger partial charge in [0, 0.05) is 12.1 Å². The second kappa shape index (κ2) is 5.59. The lowest BCUT2D eigenvalue weighted by Gasteiger charge is -2.16. The molecule has 0 saturated carbocycles. The number of benzene rings is 1. The van der Waals surface area contributed by atoms with Gasteiger partial charge < -0.3 is 10.5 Å². The number of hydrogen-bond donors (Lipinski definition) is 1. The molecule has 0 aliphatic heterocycles. The molecule has 1 atom stereocenters. The Labute approximate surface area is 100 Å². The van der Waals surface area contributed by atoms with Crippen molar-refractivity contribution in [3.8, 4) is 5.75 Å². The summed E-state index contributed by atoms with van der Waals surface area (Å²) in [6.07, 6.45) is 0. The van der Waals surface area contributed by atoms with Gasteiger partial charge in [-0.3, -0.25) is 0 Å². The predicted molar refractivity (Wildman–Crippen MR) is 64.8 cm³/mol. The number of ether oxygens (including phenoxy) is 1. The minimum atomic E-state index is 0.0273. The van der Waals surface area contributed by atoms with Gasteiger partial charge in [-0.2, -0.15) is 0 Å². The zero-order valence-electron chi connectivity index (χ0n) is 8.84. The van der Waals surface area contributed by atoms with Crippen LogP contribution in [0.5, 0.6) is 5.75 Å². The lowest BCUT2D eigenvalue weighted by molar-refractivity contribution is 0.259. The highest BCUT2D eigenvalue weighted by atomic mass is 35.5. The van der Waals surface area contributed by atoms with Gasteiger partial charge in [-0.25, -0.2) is 0 Å². The fourth-order valence-electron chi connectivity index (χ4n) is 0.952. The minimum Gasteiger partial charge on any atom is -0.492 e. The van der Waals surface area contributed by atoms with Gasteiger partial charge in [0.15, 0.2) is 0 Å². The molecule has 15 heavy (non-hydrogen) atoms. The van der Waals surface area contributed by atoms with E-state index in [0.29, 0.717) is 28.3 Å². The van der Waals surface area contributed by atoms with Crippen LogP contribution in [0, 0.1) is 5.92 Å². The van der Waals surface area contributed by atoms with Crippen LogP contribution >= 0.6 is 23.2 Å². The Balaban J connectivity index is 2.55. The van der Waals surface area contributed by atoms with E-state index < -0.39 is 0 Å². The van der Waals surface area contributed by atoms with E-state index in [1.165, 1.54) is 0 Å². The first kappa shape index (κ1) is 12.6. The maximum atomic E-state index is 5.85. The summed E-state index contributed by atoms with van der Waals surface area (Å²) in [4.78, 5) is 0. The Morgan fingerprint density at radius 1 is 1.27 bits per heavy atom. The monoisotopic (exact) mass is 247 g/mol.